The maximum Gasteiger partial charge on any atom is 0.251 e. The summed E-state index contributed by atoms with van der Waals surface area (Å²) in [6.45, 7) is 6.98. The van der Waals surface area contributed by atoms with Crippen LogP contribution >= 0.6 is 12.4 Å². The van der Waals surface area contributed by atoms with Crippen molar-refractivity contribution in [2.75, 3.05) is 19.6 Å². The molecular formula is C23H29ClN4O. The lowest BCUT2D eigenvalue weighted by atomic mass is 9.98. The molecule has 1 saturated heterocycles. The van der Waals surface area contributed by atoms with E-state index in [1.54, 1.807) is 0 Å². The Morgan fingerprint density at radius 2 is 2.03 bits per heavy atom. The van der Waals surface area contributed by atoms with Crippen LogP contribution in [0, 0.1) is 5.92 Å². The normalized spacial score (nSPS) is 14.7. The van der Waals surface area contributed by atoms with Crippen LogP contribution in [0.2, 0.25) is 0 Å². The Morgan fingerprint density at radius 1 is 1.24 bits per heavy atom. The molecule has 5 nitrogen and oxygen atoms in total. The third-order valence-corrected chi connectivity index (χ3v) is 5.41. The predicted octanol–water partition coefficient (Wildman–Crippen LogP) is 4.44. The Hall–Kier alpha value is -2.37. The zero-order valence-electron chi connectivity index (χ0n) is 17.0. The number of benzene rings is 2. The third-order valence-electron chi connectivity index (χ3n) is 5.41. The number of nitrogens with zero attached hydrogens (tertiary/aromatic N) is 2. The van der Waals surface area contributed by atoms with Crippen LogP contribution in [0.5, 0.6) is 0 Å². The molecule has 0 radical (unpaired) electrons. The van der Waals surface area contributed by atoms with Crippen LogP contribution in [-0.2, 0) is 0 Å². The fourth-order valence-corrected chi connectivity index (χ4v) is 3.82. The molecule has 1 fully saturated rings. The largest absolute Gasteiger partial charge is 0.352 e. The molecule has 2 aromatic carbocycles. The van der Waals surface area contributed by atoms with Gasteiger partial charge in [-0.05, 0) is 60.3 Å². The monoisotopic (exact) mass is 412 g/mol. The number of halogens is 1. The number of rotatable bonds is 5. The fourth-order valence-electron chi connectivity index (χ4n) is 3.82. The van der Waals surface area contributed by atoms with Crippen molar-refractivity contribution < 1.29 is 4.79 Å². The molecule has 6 heteroatoms. The minimum atomic E-state index is -0.0141. The first-order valence-corrected chi connectivity index (χ1v) is 10.2. The minimum absolute atomic E-state index is 0. The van der Waals surface area contributed by atoms with Gasteiger partial charge in [0.25, 0.3) is 5.91 Å². The second kappa shape index (κ2) is 9.42. The van der Waals surface area contributed by atoms with Gasteiger partial charge in [0.15, 0.2) is 0 Å². The van der Waals surface area contributed by atoms with Crippen molar-refractivity contribution in [3.63, 3.8) is 0 Å². The van der Waals surface area contributed by atoms with Crippen LogP contribution in [0.3, 0.4) is 0 Å². The average molecular weight is 413 g/mol. The van der Waals surface area contributed by atoms with Gasteiger partial charge in [-0.15, -0.1) is 12.4 Å². The molecule has 0 bridgehead atoms. The van der Waals surface area contributed by atoms with E-state index in [9.17, 15) is 4.79 Å². The molecule has 1 aliphatic heterocycles. The highest BCUT2D eigenvalue weighted by Crippen LogP contribution is 2.30. The first-order chi connectivity index (χ1) is 13.6. The summed E-state index contributed by atoms with van der Waals surface area (Å²) in [4.78, 5) is 12.4. The fraction of sp³-hybridized carbons (Fsp3) is 0.391. The molecule has 1 aliphatic rings. The Bertz CT molecular complexity index is 976. The molecule has 0 aliphatic carbocycles. The number of hydrogen-bond acceptors (Lipinski definition) is 3. The van der Waals surface area contributed by atoms with Gasteiger partial charge in [-0.2, -0.15) is 5.10 Å². The van der Waals surface area contributed by atoms with Crippen LogP contribution < -0.4 is 10.6 Å². The molecule has 154 valence electrons. The molecule has 0 atom stereocenters. The van der Waals surface area contributed by atoms with Crippen molar-refractivity contribution in [2.45, 2.75) is 32.7 Å². The first kappa shape index (κ1) is 21.3. The summed E-state index contributed by atoms with van der Waals surface area (Å²) in [5.74, 6) is 0.423. The molecule has 0 spiro atoms. The average Bonchev–Trinajstić information content (AvgIpc) is 3.22. The minimum Gasteiger partial charge on any atom is -0.352 e. The number of amides is 1. The summed E-state index contributed by atoms with van der Waals surface area (Å²) in [6.07, 6.45) is 6.35. The lowest BCUT2D eigenvalue weighted by molar-refractivity contribution is 0.0949. The summed E-state index contributed by atoms with van der Waals surface area (Å²) >= 11 is 0. The predicted molar refractivity (Wildman–Crippen MR) is 121 cm³/mol. The quantitative estimate of drug-likeness (QED) is 0.651. The van der Waals surface area contributed by atoms with Crippen LogP contribution in [0.1, 0.15) is 43.1 Å². The zero-order chi connectivity index (χ0) is 19.5. The highest BCUT2D eigenvalue weighted by Gasteiger charge is 2.17. The maximum atomic E-state index is 12.4. The Labute approximate surface area is 178 Å². The molecule has 29 heavy (non-hydrogen) atoms. The van der Waals surface area contributed by atoms with E-state index in [2.05, 4.69) is 64.7 Å². The number of aromatic nitrogens is 2. The number of fused-ring (bicyclic) bond motifs is 1. The van der Waals surface area contributed by atoms with Gasteiger partial charge in [0, 0.05) is 23.9 Å². The summed E-state index contributed by atoms with van der Waals surface area (Å²) in [5.41, 5.74) is 2.99. The van der Waals surface area contributed by atoms with Gasteiger partial charge in [0.2, 0.25) is 0 Å². The molecule has 0 saturated carbocycles. The van der Waals surface area contributed by atoms with E-state index < -0.39 is 0 Å². The Kier molecular flexibility index (Phi) is 6.93. The standard InChI is InChI=1S/C23H28N4O.ClH/c1-16(2)13-25-23(28)18-6-7-22-17(12-18)4-3-5-21(22)19-14-26-27(15-19)20-8-10-24-11-9-20;/h3-7,12,14-16,20,24H,8-11,13H2,1-2H3,(H,25,28);1H. The van der Waals surface area contributed by atoms with Crippen molar-refractivity contribution in [2.24, 2.45) is 5.92 Å². The molecule has 4 rings (SSSR count). The van der Waals surface area contributed by atoms with Crippen molar-refractivity contribution >= 4 is 29.1 Å². The van der Waals surface area contributed by atoms with Crippen molar-refractivity contribution in [1.82, 2.24) is 20.4 Å². The SMILES string of the molecule is CC(C)CNC(=O)c1ccc2c(-c3cnn(C4CCNCC4)c3)cccc2c1.Cl. The van der Waals surface area contributed by atoms with Crippen LogP contribution in [-0.4, -0.2) is 35.3 Å². The number of nitrogens with one attached hydrogen (secondary N) is 2. The molecule has 2 N–H and O–H groups in total. The molecule has 1 aromatic heterocycles. The highest BCUT2D eigenvalue weighted by atomic mass is 35.5. The molecular weight excluding hydrogens is 384 g/mol. The van der Waals surface area contributed by atoms with Crippen LogP contribution in [0.4, 0.5) is 0 Å². The van der Waals surface area contributed by atoms with E-state index in [1.165, 1.54) is 0 Å². The smallest absolute Gasteiger partial charge is 0.251 e. The molecule has 2 heterocycles. The van der Waals surface area contributed by atoms with Gasteiger partial charge in [-0.3, -0.25) is 9.48 Å². The van der Waals surface area contributed by atoms with E-state index in [0.717, 1.165) is 47.8 Å². The second-order valence-corrected chi connectivity index (χ2v) is 8.04. The molecule has 3 aromatic rings. The Balaban J connectivity index is 0.00000240. The first-order valence-electron chi connectivity index (χ1n) is 10.2. The second-order valence-electron chi connectivity index (χ2n) is 8.04. The summed E-state index contributed by atoms with van der Waals surface area (Å²) < 4.78 is 2.11. The highest BCUT2D eigenvalue weighted by molar-refractivity contribution is 6.02. The third kappa shape index (κ3) is 4.80. The lowest BCUT2D eigenvalue weighted by Crippen LogP contribution is -2.29. The van der Waals surface area contributed by atoms with E-state index in [0.29, 0.717) is 24.1 Å². The summed E-state index contributed by atoms with van der Waals surface area (Å²) in [5, 5.41) is 13.2. The van der Waals surface area contributed by atoms with Gasteiger partial charge in [0.05, 0.1) is 12.2 Å². The topological polar surface area (TPSA) is 59.0 Å². The van der Waals surface area contributed by atoms with Gasteiger partial charge in [-0.25, -0.2) is 0 Å². The Morgan fingerprint density at radius 3 is 2.79 bits per heavy atom. The summed E-state index contributed by atoms with van der Waals surface area (Å²) in [7, 11) is 0. The zero-order valence-corrected chi connectivity index (χ0v) is 17.8. The van der Waals surface area contributed by atoms with E-state index in [1.807, 2.05) is 18.3 Å². The maximum absolute atomic E-state index is 12.4. The number of carbonyl (C=O) groups excluding carboxylic acids is 1. The van der Waals surface area contributed by atoms with Crippen LogP contribution in [0.15, 0.2) is 48.8 Å². The van der Waals surface area contributed by atoms with Gasteiger partial charge >= 0.3 is 0 Å². The van der Waals surface area contributed by atoms with Gasteiger partial charge < -0.3 is 10.6 Å². The van der Waals surface area contributed by atoms with E-state index in [4.69, 9.17) is 0 Å². The van der Waals surface area contributed by atoms with Crippen molar-refractivity contribution in [3.05, 3.63) is 54.4 Å². The lowest BCUT2D eigenvalue weighted by Gasteiger charge is -2.22. The van der Waals surface area contributed by atoms with Crippen molar-refractivity contribution in [3.8, 4) is 11.1 Å². The number of hydrogen-bond donors (Lipinski definition) is 2. The molecule has 1 amide bonds. The number of carbonyl (C=O) groups is 1. The summed E-state index contributed by atoms with van der Waals surface area (Å²) in [6, 6.07) is 12.7. The molecule has 0 unspecified atom stereocenters. The number of piperidine rings is 1. The van der Waals surface area contributed by atoms with Gasteiger partial charge in [0.1, 0.15) is 0 Å². The van der Waals surface area contributed by atoms with Gasteiger partial charge in [-0.1, -0.05) is 38.1 Å². The van der Waals surface area contributed by atoms with Crippen molar-refractivity contribution in [1.29, 1.82) is 0 Å². The van der Waals surface area contributed by atoms with E-state index >= 15 is 0 Å². The van der Waals surface area contributed by atoms with Crippen LogP contribution in [0.25, 0.3) is 21.9 Å². The van der Waals surface area contributed by atoms with E-state index in [-0.39, 0.29) is 18.3 Å².